The predicted octanol–water partition coefficient (Wildman–Crippen LogP) is 4.58. The second kappa shape index (κ2) is 8.21. The Bertz CT molecular complexity index is 844. The van der Waals surface area contributed by atoms with Gasteiger partial charge in [-0.3, -0.25) is 4.79 Å². The molecule has 3 aromatic rings. The SMILES string of the molecule is COc1ccc(C(=O)Nc2ccc(N(C)Cc3ccccc3)cc2)cc1. The van der Waals surface area contributed by atoms with Gasteiger partial charge < -0.3 is 15.0 Å². The van der Waals surface area contributed by atoms with Gasteiger partial charge in [-0.05, 0) is 54.1 Å². The average Bonchev–Trinajstić information content (AvgIpc) is 2.69. The van der Waals surface area contributed by atoms with Crippen LogP contribution in [0.3, 0.4) is 0 Å². The Hall–Kier alpha value is -3.27. The Morgan fingerprint density at radius 2 is 1.58 bits per heavy atom. The van der Waals surface area contributed by atoms with Crippen molar-refractivity contribution in [1.82, 2.24) is 0 Å². The molecule has 0 bridgehead atoms. The fourth-order valence-corrected chi connectivity index (χ4v) is 2.69. The highest BCUT2D eigenvalue weighted by Crippen LogP contribution is 2.20. The molecule has 26 heavy (non-hydrogen) atoms. The molecule has 0 radical (unpaired) electrons. The molecule has 132 valence electrons. The topological polar surface area (TPSA) is 41.6 Å². The first-order valence-electron chi connectivity index (χ1n) is 8.46. The van der Waals surface area contributed by atoms with Gasteiger partial charge in [0.2, 0.25) is 0 Å². The largest absolute Gasteiger partial charge is 0.497 e. The molecule has 0 aliphatic carbocycles. The summed E-state index contributed by atoms with van der Waals surface area (Å²) in [7, 11) is 3.66. The summed E-state index contributed by atoms with van der Waals surface area (Å²) >= 11 is 0. The quantitative estimate of drug-likeness (QED) is 0.710. The second-order valence-corrected chi connectivity index (χ2v) is 6.07. The van der Waals surface area contributed by atoms with E-state index in [-0.39, 0.29) is 5.91 Å². The second-order valence-electron chi connectivity index (χ2n) is 6.07. The molecule has 0 spiro atoms. The van der Waals surface area contributed by atoms with Gasteiger partial charge in [0.25, 0.3) is 5.91 Å². The molecule has 4 heteroatoms. The van der Waals surface area contributed by atoms with Crippen molar-refractivity contribution in [2.45, 2.75) is 6.54 Å². The summed E-state index contributed by atoms with van der Waals surface area (Å²) in [6.45, 7) is 0.832. The van der Waals surface area contributed by atoms with E-state index in [1.54, 1.807) is 31.4 Å². The van der Waals surface area contributed by atoms with Crippen LogP contribution < -0.4 is 15.0 Å². The molecule has 0 aliphatic rings. The molecule has 0 saturated heterocycles. The van der Waals surface area contributed by atoms with Gasteiger partial charge in [-0.1, -0.05) is 30.3 Å². The molecule has 0 atom stereocenters. The van der Waals surface area contributed by atoms with E-state index in [4.69, 9.17) is 4.74 Å². The lowest BCUT2D eigenvalue weighted by molar-refractivity contribution is 0.102. The van der Waals surface area contributed by atoms with Crippen molar-refractivity contribution in [1.29, 1.82) is 0 Å². The van der Waals surface area contributed by atoms with E-state index in [2.05, 4.69) is 29.4 Å². The number of carbonyl (C=O) groups is 1. The van der Waals surface area contributed by atoms with E-state index in [1.807, 2.05) is 42.5 Å². The van der Waals surface area contributed by atoms with Crippen molar-refractivity contribution >= 4 is 17.3 Å². The maximum absolute atomic E-state index is 12.3. The van der Waals surface area contributed by atoms with Crippen LogP contribution in [-0.2, 0) is 6.54 Å². The number of ether oxygens (including phenoxy) is 1. The summed E-state index contributed by atoms with van der Waals surface area (Å²) in [5, 5.41) is 2.91. The molecule has 0 heterocycles. The van der Waals surface area contributed by atoms with Crippen molar-refractivity contribution < 1.29 is 9.53 Å². The van der Waals surface area contributed by atoms with Crippen LogP contribution in [0.25, 0.3) is 0 Å². The molecule has 3 aromatic carbocycles. The Labute approximate surface area is 154 Å². The number of hydrogen-bond donors (Lipinski definition) is 1. The molecule has 0 aromatic heterocycles. The minimum Gasteiger partial charge on any atom is -0.497 e. The van der Waals surface area contributed by atoms with Crippen LogP contribution in [0.15, 0.2) is 78.9 Å². The predicted molar refractivity (Wildman–Crippen MR) is 106 cm³/mol. The normalized spacial score (nSPS) is 10.2. The lowest BCUT2D eigenvalue weighted by atomic mass is 10.2. The van der Waals surface area contributed by atoms with Crippen LogP contribution in [0.5, 0.6) is 5.75 Å². The Balaban J connectivity index is 1.62. The smallest absolute Gasteiger partial charge is 0.255 e. The number of nitrogens with zero attached hydrogens (tertiary/aromatic N) is 1. The van der Waals surface area contributed by atoms with E-state index < -0.39 is 0 Å². The Kier molecular flexibility index (Phi) is 5.54. The third-order valence-electron chi connectivity index (χ3n) is 4.18. The van der Waals surface area contributed by atoms with Crippen LogP contribution in [0, 0.1) is 0 Å². The highest BCUT2D eigenvalue weighted by Gasteiger charge is 2.07. The van der Waals surface area contributed by atoms with Gasteiger partial charge >= 0.3 is 0 Å². The number of anilines is 2. The standard InChI is InChI=1S/C22H22N2O2/c1-24(16-17-6-4-3-5-7-17)20-12-10-19(11-13-20)23-22(25)18-8-14-21(26-2)15-9-18/h3-15H,16H2,1-2H3,(H,23,25). The first kappa shape index (κ1) is 17.5. The molecule has 1 amide bonds. The molecular weight excluding hydrogens is 324 g/mol. The third-order valence-corrected chi connectivity index (χ3v) is 4.18. The number of amides is 1. The van der Waals surface area contributed by atoms with Gasteiger partial charge in [0, 0.05) is 30.5 Å². The number of carbonyl (C=O) groups excluding carboxylic acids is 1. The summed E-state index contributed by atoms with van der Waals surface area (Å²) in [6.07, 6.45) is 0. The minimum atomic E-state index is -0.141. The van der Waals surface area contributed by atoms with Gasteiger partial charge in [-0.15, -0.1) is 0 Å². The van der Waals surface area contributed by atoms with Crippen molar-refractivity contribution in [3.8, 4) is 5.75 Å². The maximum Gasteiger partial charge on any atom is 0.255 e. The van der Waals surface area contributed by atoms with Crippen molar-refractivity contribution in [2.75, 3.05) is 24.4 Å². The minimum absolute atomic E-state index is 0.141. The van der Waals surface area contributed by atoms with Gasteiger partial charge in [-0.25, -0.2) is 0 Å². The van der Waals surface area contributed by atoms with Gasteiger partial charge in [0.1, 0.15) is 5.75 Å². The highest BCUT2D eigenvalue weighted by atomic mass is 16.5. The first-order chi connectivity index (χ1) is 12.7. The Morgan fingerprint density at radius 1 is 0.923 bits per heavy atom. The summed E-state index contributed by atoms with van der Waals surface area (Å²) in [4.78, 5) is 14.5. The van der Waals surface area contributed by atoms with Crippen LogP contribution in [0.1, 0.15) is 15.9 Å². The molecule has 0 aliphatic heterocycles. The molecule has 0 fully saturated rings. The van der Waals surface area contributed by atoms with Crippen LogP contribution in [-0.4, -0.2) is 20.1 Å². The van der Waals surface area contributed by atoms with Crippen LogP contribution >= 0.6 is 0 Å². The van der Waals surface area contributed by atoms with E-state index in [0.717, 1.165) is 23.7 Å². The summed E-state index contributed by atoms with van der Waals surface area (Å²) in [5.74, 6) is 0.588. The summed E-state index contributed by atoms with van der Waals surface area (Å²) < 4.78 is 5.11. The van der Waals surface area contributed by atoms with Crippen LogP contribution in [0.4, 0.5) is 11.4 Å². The fourth-order valence-electron chi connectivity index (χ4n) is 2.69. The van der Waals surface area contributed by atoms with Gasteiger partial charge in [0.15, 0.2) is 0 Å². The Morgan fingerprint density at radius 3 is 2.19 bits per heavy atom. The zero-order chi connectivity index (χ0) is 18.4. The van der Waals surface area contributed by atoms with Crippen LogP contribution in [0.2, 0.25) is 0 Å². The lowest BCUT2D eigenvalue weighted by Crippen LogP contribution is -2.16. The molecule has 4 nitrogen and oxygen atoms in total. The molecular formula is C22H22N2O2. The van der Waals surface area contributed by atoms with E-state index in [0.29, 0.717) is 5.56 Å². The monoisotopic (exact) mass is 346 g/mol. The van der Waals surface area contributed by atoms with E-state index >= 15 is 0 Å². The molecule has 1 N–H and O–H groups in total. The summed E-state index contributed by atoms with van der Waals surface area (Å²) in [5.41, 5.74) is 3.71. The maximum atomic E-state index is 12.3. The van der Waals surface area contributed by atoms with E-state index in [9.17, 15) is 4.79 Å². The molecule has 0 unspecified atom stereocenters. The average molecular weight is 346 g/mol. The van der Waals surface area contributed by atoms with Gasteiger partial charge in [0.05, 0.1) is 7.11 Å². The van der Waals surface area contributed by atoms with Crippen molar-refractivity contribution in [3.63, 3.8) is 0 Å². The molecule has 3 rings (SSSR count). The van der Waals surface area contributed by atoms with Crippen molar-refractivity contribution in [2.24, 2.45) is 0 Å². The number of hydrogen-bond acceptors (Lipinski definition) is 3. The number of nitrogens with one attached hydrogen (secondary N) is 1. The lowest BCUT2D eigenvalue weighted by Gasteiger charge is -2.19. The van der Waals surface area contributed by atoms with Gasteiger partial charge in [-0.2, -0.15) is 0 Å². The first-order valence-corrected chi connectivity index (χ1v) is 8.46. The zero-order valence-electron chi connectivity index (χ0n) is 15.0. The summed E-state index contributed by atoms with van der Waals surface area (Å²) in [6, 6.07) is 25.2. The molecule has 0 saturated carbocycles. The van der Waals surface area contributed by atoms with Crippen molar-refractivity contribution in [3.05, 3.63) is 90.0 Å². The third kappa shape index (κ3) is 4.42. The fraction of sp³-hybridized carbons (Fsp3) is 0.136. The highest BCUT2D eigenvalue weighted by molar-refractivity contribution is 6.04. The zero-order valence-corrected chi connectivity index (χ0v) is 15.0. The van der Waals surface area contributed by atoms with E-state index in [1.165, 1.54) is 5.56 Å². The number of rotatable bonds is 6. The number of methoxy groups -OCH3 is 1. The number of benzene rings is 3.